The zero-order chi connectivity index (χ0) is 22.7. The lowest BCUT2D eigenvalue weighted by Gasteiger charge is -2.41. The quantitative estimate of drug-likeness (QED) is 0.733. The van der Waals surface area contributed by atoms with E-state index in [0.717, 1.165) is 12.8 Å². The van der Waals surface area contributed by atoms with Crippen LogP contribution in [0, 0.1) is 5.82 Å². The summed E-state index contributed by atoms with van der Waals surface area (Å²) < 4.78 is 19.6. The standard InChI is InChI=1S/C23H30FN5O3/c1-15-14-28(21-8-7-18(32-2)13-19(21)24)11-12-29(15)23-25-10-9-20(27-23)22(31)26-16-3-5-17(30)6-4-16/h7-10,13,15-17,30H,3-6,11-12,14H2,1-2H3,(H,26,31)/t15-,16-,17-/m1/s1. The molecule has 0 unspecified atom stereocenters. The van der Waals surface area contributed by atoms with Gasteiger partial charge in [0.2, 0.25) is 5.95 Å². The number of aliphatic hydroxyl groups excluding tert-OH is 1. The van der Waals surface area contributed by atoms with E-state index in [9.17, 15) is 14.3 Å². The van der Waals surface area contributed by atoms with Crippen LogP contribution in [0.5, 0.6) is 5.75 Å². The Morgan fingerprint density at radius 2 is 2.00 bits per heavy atom. The number of aromatic nitrogens is 2. The van der Waals surface area contributed by atoms with E-state index < -0.39 is 0 Å². The van der Waals surface area contributed by atoms with Gasteiger partial charge >= 0.3 is 0 Å². The smallest absolute Gasteiger partial charge is 0.270 e. The van der Waals surface area contributed by atoms with Gasteiger partial charge in [-0.3, -0.25) is 4.79 Å². The first kappa shape index (κ1) is 22.3. The largest absolute Gasteiger partial charge is 0.497 e. The molecular formula is C23H30FN5O3. The molecule has 1 saturated carbocycles. The summed E-state index contributed by atoms with van der Waals surface area (Å²) in [4.78, 5) is 25.6. The maximum atomic E-state index is 14.5. The average molecular weight is 444 g/mol. The number of anilines is 2. The minimum atomic E-state index is -0.310. The molecule has 9 heteroatoms. The first-order valence-electron chi connectivity index (χ1n) is 11.1. The Labute approximate surface area is 187 Å². The van der Waals surface area contributed by atoms with Gasteiger partial charge in [-0.15, -0.1) is 0 Å². The second kappa shape index (κ2) is 9.68. The Balaban J connectivity index is 1.41. The predicted molar refractivity (Wildman–Crippen MR) is 120 cm³/mol. The number of carbonyl (C=O) groups is 1. The molecular weight excluding hydrogens is 413 g/mol. The summed E-state index contributed by atoms with van der Waals surface area (Å²) in [6, 6.07) is 6.60. The van der Waals surface area contributed by atoms with Gasteiger partial charge in [0.25, 0.3) is 5.91 Å². The third-order valence-corrected chi connectivity index (χ3v) is 6.29. The van der Waals surface area contributed by atoms with Crippen LogP contribution in [-0.2, 0) is 0 Å². The van der Waals surface area contributed by atoms with Gasteiger partial charge in [-0.2, -0.15) is 0 Å². The molecule has 172 valence electrons. The Hall–Kier alpha value is -2.94. The molecule has 1 amide bonds. The van der Waals surface area contributed by atoms with Crippen LogP contribution in [0.4, 0.5) is 16.0 Å². The number of carbonyl (C=O) groups excluding carboxylic acids is 1. The van der Waals surface area contributed by atoms with E-state index in [1.165, 1.54) is 13.2 Å². The lowest BCUT2D eigenvalue weighted by atomic mass is 9.93. The van der Waals surface area contributed by atoms with Crippen molar-refractivity contribution in [2.75, 3.05) is 36.5 Å². The molecule has 32 heavy (non-hydrogen) atoms. The fraction of sp³-hybridized carbons (Fsp3) is 0.522. The average Bonchev–Trinajstić information content (AvgIpc) is 2.80. The maximum absolute atomic E-state index is 14.5. The number of nitrogens with one attached hydrogen (secondary N) is 1. The van der Waals surface area contributed by atoms with Crippen molar-refractivity contribution in [2.24, 2.45) is 0 Å². The molecule has 1 aromatic carbocycles. The number of amides is 1. The number of rotatable bonds is 5. The fourth-order valence-electron chi connectivity index (χ4n) is 4.44. The summed E-state index contributed by atoms with van der Waals surface area (Å²) in [7, 11) is 1.52. The van der Waals surface area contributed by atoms with Gasteiger partial charge in [0, 0.05) is 44.0 Å². The highest BCUT2D eigenvalue weighted by Crippen LogP contribution is 2.27. The van der Waals surface area contributed by atoms with Gasteiger partial charge in [0.05, 0.1) is 18.9 Å². The lowest BCUT2D eigenvalue weighted by Crippen LogP contribution is -2.53. The molecule has 2 N–H and O–H groups in total. The molecule has 2 fully saturated rings. The summed E-state index contributed by atoms with van der Waals surface area (Å²) in [5, 5.41) is 12.7. The van der Waals surface area contributed by atoms with E-state index >= 15 is 0 Å². The summed E-state index contributed by atoms with van der Waals surface area (Å²) in [5.41, 5.74) is 0.876. The van der Waals surface area contributed by atoms with Gasteiger partial charge in [0.1, 0.15) is 17.3 Å². The van der Waals surface area contributed by atoms with E-state index in [-0.39, 0.29) is 29.9 Å². The first-order valence-corrected chi connectivity index (χ1v) is 11.1. The number of ether oxygens (including phenoxy) is 1. The number of aliphatic hydroxyl groups is 1. The van der Waals surface area contributed by atoms with Crippen molar-refractivity contribution in [3.8, 4) is 5.75 Å². The zero-order valence-corrected chi connectivity index (χ0v) is 18.5. The topological polar surface area (TPSA) is 90.8 Å². The van der Waals surface area contributed by atoms with Crippen LogP contribution >= 0.6 is 0 Å². The van der Waals surface area contributed by atoms with E-state index in [1.54, 1.807) is 24.4 Å². The van der Waals surface area contributed by atoms with Gasteiger partial charge < -0.3 is 25.0 Å². The fourth-order valence-corrected chi connectivity index (χ4v) is 4.44. The second-order valence-electron chi connectivity index (χ2n) is 8.53. The van der Waals surface area contributed by atoms with E-state index in [1.807, 2.05) is 16.7 Å². The highest BCUT2D eigenvalue weighted by Gasteiger charge is 2.28. The predicted octanol–water partition coefficient (Wildman–Crippen LogP) is 2.37. The summed E-state index contributed by atoms with van der Waals surface area (Å²) in [6.07, 6.45) is 4.29. The van der Waals surface area contributed by atoms with Crippen molar-refractivity contribution >= 4 is 17.5 Å². The Bertz CT molecular complexity index is 951. The number of hydrogen-bond donors (Lipinski definition) is 2. The number of nitrogens with zero attached hydrogens (tertiary/aromatic N) is 4. The maximum Gasteiger partial charge on any atom is 0.270 e. The van der Waals surface area contributed by atoms with Gasteiger partial charge in [-0.1, -0.05) is 0 Å². The van der Waals surface area contributed by atoms with Crippen molar-refractivity contribution in [1.29, 1.82) is 0 Å². The molecule has 0 bridgehead atoms. The normalized spacial score (nSPS) is 23.7. The molecule has 8 nitrogen and oxygen atoms in total. The molecule has 4 rings (SSSR count). The Morgan fingerprint density at radius 3 is 2.69 bits per heavy atom. The van der Waals surface area contributed by atoms with Crippen molar-refractivity contribution < 1.29 is 19.0 Å². The van der Waals surface area contributed by atoms with E-state index in [2.05, 4.69) is 15.3 Å². The monoisotopic (exact) mass is 443 g/mol. The number of hydrogen-bond acceptors (Lipinski definition) is 7. The molecule has 0 radical (unpaired) electrons. The molecule has 2 aromatic rings. The van der Waals surface area contributed by atoms with Crippen LogP contribution in [-0.4, -0.2) is 65.9 Å². The van der Waals surface area contributed by atoms with Crippen LogP contribution in [0.1, 0.15) is 43.1 Å². The highest BCUT2D eigenvalue weighted by molar-refractivity contribution is 5.92. The van der Waals surface area contributed by atoms with Gasteiger partial charge in [-0.25, -0.2) is 14.4 Å². The third kappa shape index (κ3) is 4.93. The van der Waals surface area contributed by atoms with Crippen molar-refractivity contribution in [3.63, 3.8) is 0 Å². The number of piperazine rings is 1. The molecule has 1 aromatic heterocycles. The van der Waals surface area contributed by atoms with Gasteiger partial charge in [-0.05, 0) is 50.8 Å². The molecule has 2 heterocycles. The minimum Gasteiger partial charge on any atom is -0.497 e. The SMILES string of the molecule is COc1ccc(N2CCN(c3nccc(C(=O)N[C@H]4CC[C@H](O)CC4)n3)[C@H](C)C2)c(F)c1. The van der Waals surface area contributed by atoms with Crippen LogP contribution in [0.2, 0.25) is 0 Å². The Kier molecular flexibility index (Phi) is 6.74. The molecule has 1 aliphatic heterocycles. The first-order chi connectivity index (χ1) is 15.4. The highest BCUT2D eigenvalue weighted by atomic mass is 19.1. The van der Waals surface area contributed by atoms with Crippen molar-refractivity contribution in [3.05, 3.63) is 42.0 Å². The molecule has 1 aliphatic carbocycles. The molecule has 1 saturated heterocycles. The van der Waals surface area contributed by atoms with Crippen LogP contribution in [0.15, 0.2) is 30.5 Å². The number of halogens is 1. The lowest BCUT2D eigenvalue weighted by molar-refractivity contribution is 0.0863. The molecule has 1 atom stereocenters. The van der Waals surface area contributed by atoms with Crippen LogP contribution < -0.4 is 19.9 Å². The number of methoxy groups -OCH3 is 1. The Morgan fingerprint density at radius 1 is 1.22 bits per heavy atom. The number of benzene rings is 1. The van der Waals surface area contributed by atoms with E-state index in [0.29, 0.717) is 55.6 Å². The van der Waals surface area contributed by atoms with Crippen LogP contribution in [0.25, 0.3) is 0 Å². The van der Waals surface area contributed by atoms with Crippen molar-refractivity contribution in [1.82, 2.24) is 15.3 Å². The third-order valence-electron chi connectivity index (χ3n) is 6.29. The second-order valence-corrected chi connectivity index (χ2v) is 8.53. The zero-order valence-electron chi connectivity index (χ0n) is 18.5. The van der Waals surface area contributed by atoms with Crippen molar-refractivity contribution in [2.45, 2.75) is 50.8 Å². The van der Waals surface area contributed by atoms with Gasteiger partial charge in [0.15, 0.2) is 0 Å². The van der Waals surface area contributed by atoms with E-state index in [4.69, 9.17) is 4.74 Å². The summed E-state index contributed by atoms with van der Waals surface area (Å²) in [6.45, 7) is 3.86. The summed E-state index contributed by atoms with van der Waals surface area (Å²) >= 11 is 0. The summed E-state index contributed by atoms with van der Waals surface area (Å²) in [5.74, 6) is 0.460. The minimum absolute atomic E-state index is 0.0309. The van der Waals surface area contributed by atoms with Crippen LogP contribution in [0.3, 0.4) is 0 Å². The molecule has 2 aliphatic rings. The molecule has 0 spiro atoms.